The summed E-state index contributed by atoms with van der Waals surface area (Å²) in [6.45, 7) is 0. The average Bonchev–Trinajstić information content (AvgIpc) is 2.37. The molecular formula is C10H13N3O6S. The molecule has 1 rings (SSSR count). The summed E-state index contributed by atoms with van der Waals surface area (Å²) in [7, 11) is -2.03. The van der Waals surface area contributed by atoms with Crippen LogP contribution in [0.3, 0.4) is 0 Å². The van der Waals surface area contributed by atoms with Crippen molar-refractivity contribution >= 4 is 33.6 Å². The number of nitrogens with two attached hydrogens (primary N) is 1. The lowest BCUT2D eigenvalue weighted by Gasteiger charge is -2.20. The fourth-order valence-electron chi connectivity index (χ4n) is 1.32. The van der Waals surface area contributed by atoms with Crippen LogP contribution in [-0.4, -0.2) is 39.7 Å². The van der Waals surface area contributed by atoms with Crippen molar-refractivity contribution in [2.75, 3.05) is 24.2 Å². The largest absolute Gasteiger partial charge is 0.478 e. The first-order valence-corrected chi connectivity index (χ1v) is 6.60. The van der Waals surface area contributed by atoms with E-state index in [0.29, 0.717) is 4.31 Å². The Morgan fingerprint density at radius 3 is 2.45 bits per heavy atom. The Balaban J connectivity index is 3.12. The Hall–Kier alpha value is -2.49. The van der Waals surface area contributed by atoms with E-state index in [1.165, 1.54) is 12.1 Å². The summed E-state index contributed by atoms with van der Waals surface area (Å²) in [6, 6.07) is 3.52. The van der Waals surface area contributed by atoms with E-state index in [1.807, 2.05) is 0 Å². The number of nitrogens with zero attached hydrogens (tertiary/aromatic N) is 1. The van der Waals surface area contributed by atoms with Gasteiger partial charge < -0.3 is 15.6 Å². The molecule has 0 aliphatic carbocycles. The van der Waals surface area contributed by atoms with Crippen LogP contribution in [0, 0.1) is 0 Å². The number of rotatable bonds is 4. The van der Waals surface area contributed by atoms with Crippen molar-refractivity contribution in [2.24, 2.45) is 0 Å². The number of carbonyl (C=O) groups excluding carboxylic acids is 1. The van der Waals surface area contributed by atoms with E-state index in [-0.39, 0.29) is 16.9 Å². The Kier molecular flexibility index (Phi) is 4.40. The molecule has 0 aliphatic rings. The zero-order valence-electron chi connectivity index (χ0n) is 10.7. The Labute approximate surface area is 115 Å². The van der Waals surface area contributed by atoms with Crippen LogP contribution in [0.1, 0.15) is 10.4 Å². The molecule has 0 bridgehead atoms. The van der Waals surface area contributed by atoms with Crippen molar-refractivity contribution in [3.63, 3.8) is 0 Å². The molecule has 1 amide bonds. The quantitative estimate of drug-likeness (QED) is 0.665. The lowest BCUT2D eigenvalue weighted by Crippen LogP contribution is -2.41. The van der Waals surface area contributed by atoms with E-state index in [0.717, 1.165) is 20.2 Å². The number of benzene rings is 1. The molecule has 0 unspecified atom stereocenters. The molecule has 1 aromatic rings. The molecular weight excluding hydrogens is 290 g/mol. The number of amides is 1. The number of methoxy groups -OCH3 is 1. The number of aromatic carboxylic acids is 1. The fourth-order valence-corrected chi connectivity index (χ4v) is 2.18. The van der Waals surface area contributed by atoms with Gasteiger partial charge in [0.05, 0.1) is 24.0 Å². The molecule has 9 nitrogen and oxygen atoms in total. The summed E-state index contributed by atoms with van der Waals surface area (Å²) in [6.07, 6.45) is -1.16. The van der Waals surface area contributed by atoms with Crippen molar-refractivity contribution in [2.45, 2.75) is 0 Å². The summed E-state index contributed by atoms with van der Waals surface area (Å²) in [5, 5.41) is 8.79. The lowest BCUT2D eigenvalue weighted by molar-refractivity contribution is 0.0697. The third-order valence-corrected chi connectivity index (χ3v) is 3.71. The number of carboxylic acid groups (broad SMARTS) is 1. The maximum Gasteiger partial charge on any atom is 0.422 e. The molecule has 0 atom stereocenters. The van der Waals surface area contributed by atoms with Crippen LogP contribution in [-0.2, 0) is 14.9 Å². The van der Waals surface area contributed by atoms with Crippen LogP contribution >= 0.6 is 0 Å². The van der Waals surface area contributed by atoms with E-state index >= 15 is 0 Å². The topological polar surface area (TPSA) is 139 Å². The number of ether oxygens (including phenoxy) is 1. The standard InChI is InChI=1S/C10H13N3O6S/c1-13(20(17,18)12-10(16)19-2)8-4-3-6(9(14)15)5-7(8)11/h3-5H,11H2,1-2H3,(H,12,16)(H,14,15). The highest BCUT2D eigenvalue weighted by Gasteiger charge is 2.23. The number of carbonyl (C=O) groups is 2. The third-order valence-electron chi connectivity index (χ3n) is 2.37. The van der Waals surface area contributed by atoms with Crippen LogP contribution in [0.25, 0.3) is 0 Å². The summed E-state index contributed by atoms with van der Waals surface area (Å²) in [5.41, 5.74) is 5.47. The van der Waals surface area contributed by atoms with Crippen molar-refractivity contribution in [1.82, 2.24) is 4.72 Å². The Morgan fingerprint density at radius 1 is 1.40 bits per heavy atom. The molecule has 1 aromatic carbocycles. The van der Waals surface area contributed by atoms with E-state index in [2.05, 4.69) is 4.74 Å². The van der Waals surface area contributed by atoms with Crippen molar-refractivity contribution in [1.29, 1.82) is 0 Å². The van der Waals surface area contributed by atoms with Gasteiger partial charge in [-0.1, -0.05) is 0 Å². The third kappa shape index (κ3) is 3.29. The summed E-state index contributed by atoms with van der Waals surface area (Å²) in [4.78, 5) is 21.7. The molecule has 0 saturated carbocycles. The number of anilines is 2. The van der Waals surface area contributed by atoms with E-state index in [4.69, 9.17) is 10.8 Å². The van der Waals surface area contributed by atoms with Crippen molar-refractivity contribution in [3.05, 3.63) is 23.8 Å². The normalized spacial score (nSPS) is 10.7. The van der Waals surface area contributed by atoms with Gasteiger partial charge in [-0.05, 0) is 18.2 Å². The highest BCUT2D eigenvalue weighted by atomic mass is 32.2. The Morgan fingerprint density at radius 2 is 2.00 bits per heavy atom. The number of nitrogens with one attached hydrogen (secondary N) is 1. The van der Waals surface area contributed by atoms with Gasteiger partial charge in [-0.3, -0.25) is 4.31 Å². The minimum atomic E-state index is -4.20. The van der Waals surface area contributed by atoms with Gasteiger partial charge in [0.2, 0.25) is 0 Å². The zero-order chi connectivity index (χ0) is 15.5. The van der Waals surface area contributed by atoms with Gasteiger partial charge in [0.15, 0.2) is 0 Å². The fraction of sp³-hybridized carbons (Fsp3) is 0.200. The average molecular weight is 303 g/mol. The van der Waals surface area contributed by atoms with E-state index in [9.17, 15) is 18.0 Å². The van der Waals surface area contributed by atoms with Gasteiger partial charge in [-0.15, -0.1) is 0 Å². The molecule has 0 saturated heterocycles. The van der Waals surface area contributed by atoms with Gasteiger partial charge in [0, 0.05) is 7.05 Å². The smallest absolute Gasteiger partial charge is 0.422 e. The van der Waals surface area contributed by atoms with Gasteiger partial charge in [-0.2, -0.15) is 8.42 Å². The zero-order valence-corrected chi connectivity index (χ0v) is 11.5. The van der Waals surface area contributed by atoms with Crippen molar-refractivity contribution in [3.8, 4) is 0 Å². The number of hydrogen-bond donors (Lipinski definition) is 3. The maximum atomic E-state index is 11.8. The van der Waals surface area contributed by atoms with Crippen LogP contribution < -0.4 is 14.8 Å². The van der Waals surface area contributed by atoms with Gasteiger partial charge in [0.1, 0.15) is 0 Å². The molecule has 10 heteroatoms. The van der Waals surface area contributed by atoms with E-state index < -0.39 is 22.3 Å². The van der Waals surface area contributed by atoms with Gasteiger partial charge in [-0.25, -0.2) is 14.3 Å². The number of carboxylic acids is 1. The summed E-state index contributed by atoms with van der Waals surface area (Å²) < 4.78 is 30.1. The highest BCUT2D eigenvalue weighted by molar-refractivity contribution is 7.91. The summed E-state index contributed by atoms with van der Waals surface area (Å²) >= 11 is 0. The highest BCUT2D eigenvalue weighted by Crippen LogP contribution is 2.25. The van der Waals surface area contributed by atoms with Gasteiger partial charge >= 0.3 is 22.3 Å². The second-order valence-corrected chi connectivity index (χ2v) is 5.35. The second kappa shape index (κ2) is 5.65. The van der Waals surface area contributed by atoms with Gasteiger partial charge in [0.25, 0.3) is 0 Å². The van der Waals surface area contributed by atoms with Crippen LogP contribution in [0.15, 0.2) is 18.2 Å². The first-order chi connectivity index (χ1) is 9.19. The predicted octanol–water partition coefficient (Wildman–Crippen LogP) is 0.00400. The van der Waals surface area contributed by atoms with Crippen LogP contribution in [0.2, 0.25) is 0 Å². The molecule has 0 heterocycles. The first-order valence-electron chi connectivity index (χ1n) is 5.16. The molecule has 0 spiro atoms. The molecule has 110 valence electrons. The SMILES string of the molecule is COC(=O)NS(=O)(=O)N(C)c1ccc(C(=O)O)cc1N. The Bertz CT molecular complexity index is 642. The summed E-state index contributed by atoms with van der Waals surface area (Å²) in [5.74, 6) is -1.19. The van der Waals surface area contributed by atoms with Crippen molar-refractivity contribution < 1.29 is 27.9 Å². The molecule has 20 heavy (non-hydrogen) atoms. The minimum absolute atomic E-state index is 0.0198. The monoisotopic (exact) mass is 303 g/mol. The molecule has 0 fully saturated rings. The predicted molar refractivity (Wildman–Crippen MR) is 70.7 cm³/mol. The lowest BCUT2D eigenvalue weighted by atomic mass is 10.2. The van der Waals surface area contributed by atoms with E-state index in [1.54, 1.807) is 4.72 Å². The number of hydrogen-bond acceptors (Lipinski definition) is 6. The second-order valence-electron chi connectivity index (χ2n) is 3.64. The molecule has 0 radical (unpaired) electrons. The molecule has 0 aromatic heterocycles. The van der Waals surface area contributed by atoms with Crippen LogP contribution in [0.4, 0.5) is 16.2 Å². The molecule has 0 aliphatic heterocycles. The minimum Gasteiger partial charge on any atom is -0.478 e. The molecule has 4 N–H and O–H groups in total. The maximum absolute atomic E-state index is 11.8. The first kappa shape index (κ1) is 15.6. The van der Waals surface area contributed by atoms with Crippen LogP contribution in [0.5, 0.6) is 0 Å². The number of nitrogen functional groups attached to an aromatic ring is 1.